The monoisotopic (exact) mass is 446 g/mol. The van der Waals surface area contributed by atoms with Gasteiger partial charge in [0.1, 0.15) is 18.1 Å². The number of fused-ring (bicyclic) bond motifs is 1. The third-order valence-corrected chi connectivity index (χ3v) is 5.35. The van der Waals surface area contributed by atoms with Gasteiger partial charge in [-0.1, -0.05) is 35.3 Å². The first-order chi connectivity index (χ1) is 14.3. The molecule has 0 radical (unpaired) electrons. The Morgan fingerprint density at radius 3 is 2.77 bits per heavy atom. The van der Waals surface area contributed by atoms with E-state index in [9.17, 15) is 0 Å². The summed E-state index contributed by atoms with van der Waals surface area (Å²) >= 11 is 12.8. The molecule has 0 bridgehead atoms. The minimum atomic E-state index is -0.459. The van der Waals surface area contributed by atoms with Crippen LogP contribution in [-0.4, -0.2) is 36.7 Å². The molecule has 30 heavy (non-hydrogen) atoms. The van der Waals surface area contributed by atoms with Gasteiger partial charge in [0, 0.05) is 29.6 Å². The van der Waals surface area contributed by atoms with Crippen LogP contribution in [0.3, 0.4) is 0 Å². The number of aromatic nitrogens is 5. The number of hydrogen-bond donors (Lipinski definition) is 1. The molecular weight excluding hydrogens is 427 g/mol. The van der Waals surface area contributed by atoms with E-state index in [-0.39, 0.29) is 5.89 Å². The summed E-state index contributed by atoms with van der Waals surface area (Å²) in [7, 11) is 0. The van der Waals surface area contributed by atoms with E-state index in [1.54, 1.807) is 24.5 Å². The summed E-state index contributed by atoms with van der Waals surface area (Å²) in [4.78, 5) is 13.1. The highest BCUT2D eigenvalue weighted by atomic mass is 35.5. The van der Waals surface area contributed by atoms with E-state index >= 15 is 0 Å². The maximum atomic E-state index is 6.44. The molecule has 3 heterocycles. The van der Waals surface area contributed by atoms with Gasteiger partial charge in [0.2, 0.25) is 5.82 Å². The third-order valence-electron chi connectivity index (χ3n) is 4.74. The standard InChI is InChI=1S/C20H20Cl2N6O2/c1-4-20(3,23)10-29-16-6-13(21)12(5-14(16)22)18-26-19(30-27-18)15-9-28-8-11(2)24-7-17(28)25-15/h5-9H,4,10,23H2,1-3H3. The summed E-state index contributed by atoms with van der Waals surface area (Å²) < 4.78 is 13.0. The second kappa shape index (κ2) is 7.86. The zero-order valence-electron chi connectivity index (χ0n) is 16.7. The van der Waals surface area contributed by atoms with Gasteiger partial charge in [0.05, 0.1) is 21.9 Å². The summed E-state index contributed by atoms with van der Waals surface area (Å²) in [6, 6.07) is 3.27. The van der Waals surface area contributed by atoms with Crippen molar-refractivity contribution in [1.82, 2.24) is 24.5 Å². The van der Waals surface area contributed by atoms with Gasteiger partial charge in [-0.25, -0.2) is 4.98 Å². The van der Waals surface area contributed by atoms with Gasteiger partial charge in [0.15, 0.2) is 5.65 Å². The summed E-state index contributed by atoms with van der Waals surface area (Å²) in [5.74, 6) is 1.01. The molecule has 0 aliphatic carbocycles. The number of rotatable bonds is 6. The number of hydrogen-bond acceptors (Lipinski definition) is 7. The van der Waals surface area contributed by atoms with E-state index in [2.05, 4.69) is 20.1 Å². The molecule has 0 aliphatic rings. The van der Waals surface area contributed by atoms with Crippen molar-refractivity contribution in [3.63, 3.8) is 0 Å². The van der Waals surface area contributed by atoms with Crippen molar-refractivity contribution >= 4 is 28.8 Å². The number of nitrogens with two attached hydrogens (primary N) is 1. The Morgan fingerprint density at radius 1 is 1.20 bits per heavy atom. The van der Waals surface area contributed by atoms with Crippen LogP contribution < -0.4 is 10.5 Å². The first-order valence-electron chi connectivity index (χ1n) is 9.32. The molecule has 0 amide bonds. The molecule has 1 atom stereocenters. The molecule has 1 unspecified atom stereocenters. The molecular formula is C20H20Cl2N6O2. The first kappa shape index (κ1) is 20.6. The summed E-state index contributed by atoms with van der Waals surface area (Å²) in [6.45, 7) is 6.12. The molecule has 4 aromatic rings. The van der Waals surface area contributed by atoms with Crippen LogP contribution in [0, 0.1) is 6.92 Å². The van der Waals surface area contributed by atoms with Crippen LogP contribution in [0.2, 0.25) is 10.0 Å². The molecule has 3 aromatic heterocycles. The number of halogens is 2. The lowest BCUT2D eigenvalue weighted by Gasteiger charge is -2.23. The number of aryl methyl sites for hydroxylation is 1. The minimum absolute atomic E-state index is 0.265. The second-order valence-electron chi connectivity index (χ2n) is 7.40. The highest BCUT2D eigenvalue weighted by Crippen LogP contribution is 2.36. The molecule has 156 valence electrons. The second-order valence-corrected chi connectivity index (χ2v) is 8.22. The Kier molecular flexibility index (Phi) is 5.40. The lowest BCUT2D eigenvalue weighted by atomic mass is 10.0. The van der Waals surface area contributed by atoms with Gasteiger partial charge in [0.25, 0.3) is 5.89 Å². The fourth-order valence-corrected chi connectivity index (χ4v) is 3.15. The Morgan fingerprint density at radius 2 is 2.00 bits per heavy atom. The Bertz CT molecular complexity index is 1220. The summed E-state index contributed by atoms with van der Waals surface area (Å²) in [5.41, 5.74) is 8.27. The van der Waals surface area contributed by atoms with E-state index in [4.69, 9.17) is 38.2 Å². The van der Waals surface area contributed by atoms with Crippen molar-refractivity contribution < 1.29 is 9.26 Å². The highest BCUT2D eigenvalue weighted by Gasteiger charge is 2.20. The average Bonchev–Trinajstić information content (AvgIpc) is 3.35. The van der Waals surface area contributed by atoms with Gasteiger partial charge in [-0.2, -0.15) is 4.98 Å². The lowest BCUT2D eigenvalue weighted by Crippen LogP contribution is -2.41. The van der Waals surface area contributed by atoms with Crippen LogP contribution in [0.25, 0.3) is 28.6 Å². The largest absolute Gasteiger partial charge is 0.490 e. The van der Waals surface area contributed by atoms with Crippen molar-refractivity contribution in [2.45, 2.75) is 32.7 Å². The molecule has 0 aliphatic heterocycles. The lowest BCUT2D eigenvalue weighted by molar-refractivity contribution is 0.226. The van der Waals surface area contributed by atoms with E-state index in [1.165, 1.54) is 0 Å². The molecule has 0 fully saturated rings. The van der Waals surface area contributed by atoms with Gasteiger partial charge in [-0.05, 0) is 26.3 Å². The van der Waals surface area contributed by atoms with E-state index < -0.39 is 5.54 Å². The quantitative estimate of drug-likeness (QED) is 0.462. The van der Waals surface area contributed by atoms with Crippen molar-refractivity contribution in [3.05, 3.63) is 46.5 Å². The molecule has 2 N–H and O–H groups in total. The Hall–Kier alpha value is -2.68. The molecule has 0 saturated carbocycles. The summed E-state index contributed by atoms with van der Waals surface area (Å²) in [6.07, 6.45) is 6.10. The Labute approximate surface area is 183 Å². The van der Waals surface area contributed by atoms with Gasteiger partial charge < -0.3 is 19.4 Å². The minimum Gasteiger partial charge on any atom is -0.490 e. The molecule has 4 rings (SSSR count). The van der Waals surface area contributed by atoms with Gasteiger partial charge >= 0.3 is 0 Å². The van der Waals surface area contributed by atoms with E-state index in [1.807, 2.05) is 31.4 Å². The van der Waals surface area contributed by atoms with Crippen LogP contribution >= 0.6 is 23.2 Å². The fraction of sp³-hybridized carbons (Fsp3) is 0.300. The topological polar surface area (TPSA) is 104 Å². The van der Waals surface area contributed by atoms with Gasteiger partial charge in [-0.15, -0.1) is 0 Å². The highest BCUT2D eigenvalue weighted by molar-refractivity contribution is 6.36. The fourth-order valence-electron chi connectivity index (χ4n) is 2.70. The molecule has 0 saturated heterocycles. The van der Waals surface area contributed by atoms with Gasteiger partial charge in [-0.3, -0.25) is 4.98 Å². The predicted octanol–water partition coefficient (Wildman–Crippen LogP) is 4.57. The average molecular weight is 447 g/mol. The van der Waals surface area contributed by atoms with Crippen molar-refractivity contribution in [3.8, 4) is 28.7 Å². The zero-order valence-corrected chi connectivity index (χ0v) is 18.2. The number of benzene rings is 1. The number of imidazole rings is 1. The number of ether oxygens (including phenoxy) is 1. The maximum absolute atomic E-state index is 6.44. The molecule has 0 spiro atoms. The normalized spacial score (nSPS) is 13.5. The van der Waals surface area contributed by atoms with E-state index in [0.29, 0.717) is 45.1 Å². The van der Waals surface area contributed by atoms with Crippen LogP contribution in [0.4, 0.5) is 0 Å². The van der Waals surface area contributed by atoms with Crippen molar-refractivity contribution in [1.29, 1.82) is 0 Å². The molecule has 8 nitrogen and oxygen atoms in total. The van der Waals surface area contributed by atoms with Crippen molar-refractivity contribution in [2.75, 3.05) is 6.61 Å². The van der Waals surface area contributed by atoms with Crippen LogP contribution in [0.5, 0.6) is 5.75 Å². The summed E-state index contributed by atoms with van der Waals surface area (Å²) in [5, 5.41) is 4.78. The predicted molar refractivity (Wildman–Crippen MR) is 115 cm³/mol. The molecule has 10 heteroatoms. The molecule has 1 aromatic carbocycles. The van der Waals surface area contributed by atoms with Crippen LogP contribution in [-0.2, 0) is 0 Å². The SMILES string of the molecule is CCC(C)(N)COc1cc(Cl)c(-c2noc(-c3cn4cc(C)ncc4n3)n2)cc1Cl. The van der Waals surface area contributed by atoms with E-state index in [0.717, 1.165) is 12.1 Å². The van der Waals surface area contributed by atoms with Crippen LogP contribution in [0.15, 0.2) is 35.2 Å². The first-order valence-corrected chi connectivity index (χ1v) is 10.1. The smallest absolute Gasteiger partial charge is 0.278 e. The maximum Gasteiger partial charge on any atom is 0.278 e. The number of nitrogens with zero attached hydrogens (tertiary/aromatic N) is 5. The zero-order chi connectivity index (χ0) is 21.5. The van der Waals surface area contributed by atoms with Crippen molar-refractivity contribution in [2.24, 2.45) is 5.73 Å². The Balaban J connectivity index is 1.61. The third kappa shape index (κ3) is 4.12. The van der Waals surface area contributed by atoms with Crippen LogP contribution in [0.1, 0.15) is 26.0 Å².